The highest BCUT2D eigenvalue weighted by molar-refractivity contribution is 5.52. The van der Waals surface area contributed by atoms with Crippen molar-refractivity contribution in [1.29, 1.82) is 0 Å². The van der Waals surface area contributed by atoms with Crippen LogP contribution in [0.5, 0.6) is 11.5 Å². The van der Waals surface area contributed by atoms with Gasteiger partial charge in [-0.1, -0.05) is 19.3 Å². The summed E-state index contributed by atoms with van der Waals surface area (Å²) in [6, 6.07) is 4.62. The molecule has 0 amide bonds. The highest BCUT2D eigenvalue weighted by Gasteiger charge is 2.22. The number of benzene rings is 1. The van der Waals surface area contributed by atoms with Crippen LogP contribution in [0.15, 0.2) is 18.3 Å². The number of fused-ring (bicyclic) bond motifs is 1. The lowest BCUT2D eigenvalue weighted by molar-refractivity contribution is 0.353. The molecule has 1 aromatic carbocycles. The molecule has 0 saturated heterocycles. The third kappa shape index (κ3) is 3.91. The molecule has 7 heteroatoms. The van der Waals surface area contributed by atoms with Gasteiger partial charge in [0.25, 0.3) is 0 Å². The molecule has 0 bridgehead atoms. The van der Waals surface area contributed by atoms with Gasteiger partial charge in [0.05, 0.1) is 20.4 Å². The fraction of sp³-hybridized carbons (Fsp3) is 0.550. The fourth-order valence-electron chi connectivity index (χ4n) is 4.02. The molecule has 0 unspecified atom stereocenters. The molecule has 0 spiro atoms. The van der Waals surface area contributed by atoms with Gasteiger partial charge in [-0.3, -0.25) is 0 Å². The van der Waals surface area contributed by atoms with Crippen molar-refractivity contribution in [2.45, 2.75) is 51.1 Å². The summed E-state index contributed by atoms with van der Waals surface area (Å²) < 4.78 is 10.9. The summed E-state index contributed by atoms with van der Waals surface area (Å²) in [4.78, 5) is 6.97. The Balaban J connectivity index is 1.50. The first-order valence-electron chi connectivity index (χ1n) is 9.72. The van der Waals surface area contributed by atoms with Crippen molar-refractivity contribution in [1.82, 2.24) is 15.2 Å². The monoisotopic (exact) mass is 369 g/mol. The van der Waals surface area contributed by atoms with Crippen LogP contribution in [0.4, 0.5) is 11.8 Å². The molecular weight excluding hydrogens is 342 g/mol. The molecule has 4 rings (SSSR count). The summed E-state index contributed by atoms with van der Waals surface area (Å²) in [7, 11) is 3.34. The van der Waals surface area contributed by atoms with Crippen molar-refractivity contribution in [2.24, 2.45) is 0 Å². The molecule has 0 atom stereocenters. The van der Waals surface area contributed by atoms with E-state index in [4.69, 9.17) is 14.5 Å². The minimum Gasteiger partial charge on any atom is -0.493 e. The zero-order valence-corrected chi connectivity index (χ0v) is 16.1. The van der Waals surface area contributed by atoms with Crippen LogP contribution < -0.4 is 19.7 Å². The Morgan fingerprint density at radius 1 is 1.04 bits per heavy atom. The molecule has 1 aromatic heterocycles. The van der Waals surface area contributed by atoms with Crippen molar-refractivity contribution >= 4 is 11.8 Å². The number of aromatic nitrogens is 3. The van der Waals surface area contributed by atoms with Crippen LogP contribution in [-0.2, 0) is 13.0 Å². The molecular formula is C20H27N5O2. The van der Waals surface area contributed by atoms with Gasteiger partial charge in [0.1, 0.15) is 0 Å². The number of anilines is 2. The molecule has 0 radical (unpaired) electrons. The van der Waals surface area contributed by atoms with E-state index in [0.29, 0.717) is 12.0 Å². The van der Waals surface area contributed by atoms with E-state index in [-0.39, 0.29) is 0 Å². The maximum atomic E-state index is 5.46. The first-order chi connectivity index (χ1) is 13.3. The molecule has 1 saturated carbocycles. The van der Waals surface area contributed by atoms with E-state index in [9.17, 15) is 0 Å². The Morgan fingerprint density at radius 3 is 2.52 bits per heavy atom. The number of nitrogens with one attached hydrogen (secondary N) is 1. The van der Waals surface area contributed by atoms with Crippen molar-refractivity contribution in [3.8, 4) is 11.5 Å². The van der Waals surface area contributed by atoms with Crippen molar-refractivity contribution in [3.63, 3.8) is 0 Å². The normalized spacial score (nSPS) is 17.3. The Labute approximate surface area is 160 Å². The number of methoxy groups -OCH3 is 2. The summed E-state index contributed by atoms with van der Waals surface area (Å²) in [5, 5.41) is 11.8. The first kappa shape index (κ1) is 17.8. The predicted octanol–water partition coefficient (Wildman–Crippen LogP) is 3.20. The Hall–Kier alpha value is -2.57. The summed E-state index contributed by atoms with van der Waals surface area (Å²) in [6.07, 6.45) is 8.94. The molecule has 2 heterocycles. The van der Waals surface area contributed by atoms with E-state index in [0.717, 1.165) is 36.8 Å². The zero-order chi connectivity index (χ0) is 18.6. The van der Waals surface area contributed by atoms with E-state index in [1.165, 1.54) is 43.2 Å². The predicted molar refractivity (Wildman–Crippen MR) is 105 cm³/mol. The van der Waals surface area contributed by atoms with E-state index in [2.05, 4.69) is 32.5 Å². The number of hydrogen-bond donors (Lipinski definition) is 1. The SMILES string of the molecule is COc1cc2c(cc1OC)CN(c1cnnc(NC3CCCCC3)n1)CC2. The summed E-state index contributed by atoms with van der Waals surface area (Å²) in [6.45, 7) is 1.67. The van der Waals surface area contributed by atoms with Gasteiger partial charge < -0.3 is 19.7 Å². The molecule has 1 N–H and O–H groups in total. The molecule has 144 valence electrons. The lowest BCUT2D eigenvalue weighted by atomic mass is 9.96. The van der Waals surface area contributed by atoms with Gasteiger partial charge in [-0.25, -0.2) is 0 Å². The Kier molecular flexibility index (Phi) is 5.27. The van der Waals surface area contributed by atoms with Gasteiger partial charge in [-0.15, -0.1) is 5.10 Å². The Morgan fingerprint density at radius 2 is 1.78 bits per heavy atom. The lowest BCUT2D eigenvalue weighted by Gasteiger charge is -2.30. The number of rotatable bonds is 5. The van der Waals surface area contributed by atoms with Gasteiger partial charge in [0.15, 0.2) is 17.3 Å². The van der Waals surface area contributed by atoms with E-state index >= 15 is 0 Å². The topological polar surface area (TPSA) is 72.4 Å². The Bertz CT molecular complexity index is 792. The van der Waals surface area contributed by atoms with Crippen molar-refractivity contribution in [2.75, 3.05) is 31.0 Å². The van der Waals surface area contributed by atoms with Gasteiger partial charge >= 0.3 is 0 Å². The largest absolute Gasteiger partial charge is 0.493 e. The number of nitrogens with zero attached hydrogens (tertiary/aromatic N) is 4. The molecule has 2 aliphatic rings. The second-order valence-electron chi connectivity index (χ2n) is 7.26. The molecule has 2 aromatic rings. The van der Waals surface area contributed by atoms with Crippen LogP contribution >= 0.6 is 0 Å². The van der Waals surface area contributed by atoms with Crippen molar-refractivity contribution in [3.05, 3.63) is 29.5 Å². The van der Waals surface area contributed by atoms with Gasteiger partial charge in [0.2, 0.25) is 5.95 Å². The standard InChI is InChI=1S/C20H27N5O2/c1-26-17-10-14-8-9-25(13-15(14)11-18(17)27-2)19-12-21-24-20(23-19)22-16-6-4-3-5-7-16/h10-12,16H,3-9,13H2,1-2H3,(H,22,23,24). The van der Waals surface area contributed by atoms with Crippen LogP contribution in [0.1, 0.15) is 43.2 Å². The highest BCUT2D eigenvalue weighted by atomic mass is 16.5. The van der Waals surface area contributed by atoms with Crippen LogP contribution in [-0.4, -0.2) is 42.0 Å². The second kappa shape index (κ2) is 7.98. The van der Waals surface area contributed by atoms with E-state index in [1.807, 2.05) is 0 Å². The van der Waals surface area contributed by atoms with Crippen LogP contribution in [0.3, 0.4) is 0 Å². The molecule has 1 fully saturated rings. The molecule has 27 heavy (non-hydrogen) atoms. The van der Waals surface area contributed by atoms with Crippen LogP contribution in [0.2, 0.25) is 0 Å². The highest BCUT2D eigenvalue weighted by Crippen LogP contribution is 2.34. The molecule has 7 nitrogen and oxygen atoms in total. The maximum absolute atomic E-state index is 5.46. The minimum atomic E-state index is 0.467. The van der Waals surface area contributed by atoms with Crippen LogP contribution in [0, 0.1) is 0 Å². The fourth-order valence-corrected chi connectivity index (χ4v) is 4.02. The number of ether oxygens (including phenoxy) is 2. The molecule has 1 aliphatic carbocycles. The van der Waals surface area contributed by atoms with Gasteiger partial charge in [-0.05, 0) is 42.5 Å². The molecule has 1 aliphatic heterocycles. The van der Waals surface area contributed by atoms with Gasteiger partial charge in [-0.2, -0.15) is 10.1 Å². The zero-order valence-electron chi connectivity index (χ0n) is 16.1. The first-order valence-corrected chi connectivity index (χ1v) is 9.72. The van der Waals surface area contributed by atoms with Crippen LogP contribution in [0.25, 0.3) is 0 Å². The third-order valence-electron chi connectivity index (χ3n) is 5.53. The average Bonchev–Trinajstić information content (AvgIpc) is 2.73. The average molecular weight is 369 g/mol. The minimum absolute atomic E-state index is 0.467. The lowest BCUT2D eigenvalue weighted by Crippen LogP contribution is -2.32. The van der Waals surface area contributed by atoms with Crippen molar-refractivity contribution < 1.29 is 9.47 Å². The summed E-state index contributed by atoms with van der Waals surface area (Å²) in [5.74, 6) is 3.05. The van der Waals surface area contributed by atoms with Gasteiger partial charge in [0, 0.05) is 19.1 Å². The summed E-state index contributed by atoms with van der Waals surface area (Å²) in [5.41, 5.74) is 2.53. The third-order valence-corrected chi connectivity index (χ3v) is 5.53. The number of hydrogen-bond acceptors (Lipinski definition) is 7. The van der Waals surface area contributed by atoms with E-state index in [1.54, 1.807) is 20.4 Å². The second-order valence-corrected chi connectivity index (χ2v) is 7.26. The summed E-state index contributed by atoms with van der Waals surface area (Å²) >= 11 is 0. The maximum Gasteiger partial charge on any atom is 0.244 e. The smallest absolute Gasteiger partial charge is 0.244 e. The quantitative estimate of drug-likeness (QED) is 0.868. The van der Waals surface area contributed by atoms with E-state index < -0.39 is 0 Å².